The van der Waals surface area contributed by atoms with Gasteiger partial charge in [0.2, 0.25) is 11.8 Å². The smallest absolute Gasteiger partial charge is 0.242 e. The molecule has 4 N–H and O–H groups in total. The van der Waals surface area contributed by atoms with Crippen LogP contribution in [0.15, 0.2) is 42.5 Å². The number of nitrogen functional groups attached to an aromatic ring is 1. The van der Waals surface area contributed by atoms with Crippen LogP contribution < -0.4 is 21.1 Å². The number of fused-ring (bicyclic) bond motifs is 9. The van der Waals surface area contributed by atoms with E-state index in [-0.39, 0.29) is 18.2 Å². The fraction of sp³-hybridized carbons (Fsp3) is 0.263. The van der Waals surface area contributed by atoms with Crippen LogP contribution in [0.5, 0.6) is 11.5 Å². The van der Waals surface area contributed by atoms with Gasteiger partial charge in [-0.25, -0.2) is 0 Å². The van der Waals surface area contributed by atoms with Gasteiger partial charge in [0.15, 0.2) is 0 Å². The summed E-state index contributed by atoms with van der Waals surface area (Å²) in [6.45, 7) is 2.02. The second-order valence-electron chi connectivity index (χ2n) is 6.13. The first kappa shape index (κ1) is 16.8. The van der Waals surface area contributed by atoms with Crippen LogP contribution in [0, 0.1) is 0 Å². The second kappa shape index (κ2) is 7.25. The predicted molar refractivity (Wildman–Crippen MR) is 95.1 cm³/mol. The Bertz CT molecular complexity index is 804. The third-order valence-electron chi connectivity index (χ3n) is 4.08. The van der Waals surface area contributed by atoms with Crippen LogP contribution in [0.1, 0.15) is 24.5 Å². The molecule has 0 aliphatic carbocycles. The summed E-state index contributed by atoms with van der Waals surface area (Å²) in [5.74, 6) is 0.824. The molecular formula is C19H21N3O3. The van der Waals surface area contributed by atoms with Crippen molar-refractivity contribution in [2.24, 2.45) is 0 Å². The molecule has 2 aromatic carbocycles. The molecule has 1 atom stereocenters. The van der Waals surface area contributed by atoms with Crippen LogP contribution in [0.2, 0.25) is 0 Å². The van der Waals surface area contributed by atoms with Crippen LogP contribution in [-0.2, 0) is 22.6 Å². The lowest BCUT2D eigenvalue weighted by molar-refractivity contribution is -0.128. The number of aryl methyl sites for hydroxylation is 1. The van der Waals surface area contributed by atoms with Crippen molar-refractivity contribution < 1.29 is 14.3 Å². The number of hydrogen-bond donors (Lipinski definition) is 3. The number of nitrogens with two attached hydrogens (primary N) is 1. The first-order valence-electron chi connectivity index (χ1n) is 8.23. The number of nitrogens with one attached hydrogen (secondary N) is 2. The minimum absolute atomic E-state index is 0.171. The third kappa shape index (κ3) is 4.29. The molecule has 6 nitrogen and oxygen atoms in total. The highest BCUT2D eigenvalue weighted by molar-refractivity contribution is 5.87. The molecule has 0 saturated carbocycles. The minimum Gasteiger partial charge on any atom is -0.455 e. The predicted octanol–water partition coefficient (Wildman–Crippen LogP) is 2.13. The topological polar surface area (TPSA) is 93.5 Å². The van der Waals surface area contributed by atoms with E-state index < -0.39 is 6.04 Å². The Morgan fingerprint density at radius 2 is 1.92 bits per heavy atom. The van der Waals surface area contributed by atoms with Crippen molar-refractivity contribution in [3.63, 3.8) is 0 Å². The van der Waals surface area contributed by atoms with E-state index in [1.54, 1.807) is 6.92 Å². The fourth-order valence-electron chi connectivity index (χ4n) is 2.67. The molecule has 2 amide bonds. The van der Waals surface area contributed by atoms with Crippen molar-refractivity contribution in [1.29, 1.82) is 0 Å². The molecule has 130 valence electrons. The zero-order chi connectivity index (χ0) is 17.8. The van der Waals surface area contributed by atoms with Gasteiger partial charge >= 0.3 is 0 Å². The molecule has 2 aromatic rings. The number of carbonyl (C=O) groups excluding carboxylic acids is 2. The van der Waals surface area contributed by atoms with E-state index in [1.165, 1.54) is 0 Å². The zero-order valence-electron chi connectivity index (χ0n) is 14.0. The van der Waals surface area contributed by atoms with Crippen LogP contribution >= 0.6 is 0 Å². The number of ether oxygens (including phenoxy) is 1. The molecule has 2 heterocycles. The molecule has 0 saturated heterocycles. The Morgan fingerprint density at radius 3 is 2.72 bits per heavy atom. The maximum Gasteiger partial charge on any atom is 0.242 e. The van der Waals surface area contributed by atoms with Gasteiger partial charge in [0, 0.05) is 13.0 Å². The van der Waals surface area contributed by atoms with Gasteiger partial charge in [-0.3, -0.25) is 9.59 Å². The van der Waals surface area contributed by atoms with E-state index in [1.807, 2.05) is 42.5 Å². The average Bonchev–Trinajstić information content (AvgIpc) is 2.59. The summed E-state index contributed by atoms with van der Waals surface area (Å²) in [6.07, 6.45) is 0.830. The molecule has 0 fully saturated rings. The molecule has 4 rings (SSSR count). The average molecular weight is 339 g/mol. The highest BCUT2D eigenvalue weighted by Crippen LogP contribution is 2.29. The van der Waals surface area contributed by atoms with Crippen molar-refractivity contribution >= 4 is 17.5 Å². The van der Waals surface area contributed by atoms with Crippen molar-refractivity contribution in [2.45, 2.75) is 32.4 Å². The first-order valence-corrected chi connectivity index (χ1v) is 8.23. The molecule has 25 heavy (non-hydrogen) atoms. The Balaban J connectivity index is 1.90. The first-order chi connectivity index (χ1) is 12.0. The van der Waals surface area contributed by atoms with Gasteiger partial charge in [-0.1, -0.05) is 18.2 Å². The highest BCUT2D eigenvalue weighted by atomic mass is 16.5. The maximum absolute atomic E-state index is 12.1. The van der Waals surface area contributed by atoms with Gasteiger partial charge in [0.1, 0.15) is 17.5 Å². The van der Waals surface area contributed by atoms with Gasteiger partial charge in [0.25, 0.3) is 0 Å². The minimum atomic E-state index is -0.590. The number of amides is 2. The molecule has 4 bridgehead atoms. The molecular weight excluding hydrogens is 318 g/mol. The van der Waals surface area contributed by atoms with E-state index in [0.717, 1.165) is 11.1 Å². The van der Waals surface area contributed by atoms with Gasteiger partial charge < -0.3 is 21.1 Å². The SMILES string of the molecule is C[C@@H]1NC(=O)CCc2ccc(c(N)c2)Oc2cccc(c2)CNC1=O. The van der Waals surface area contributed by atoms with Gasteiger partial charge in [0.05, 0.1) is 5.69 Å². The summed E-state index contributed by atoms with van der Waals surface area (Å²) in [5.41, 5.74) is 8.44. The molecule has 6 heteroatoms. The maximum atomic E-state index is 12.1. The number of benzene rings is 2. The summed E-state index contributed by atoms with van der Waals surface area (Å²) in [4.78, 5) is 24.1. The van der Waals surface area contributed by atoms with Crippen molar-refractivity contribution in [2.75, 3.05) is 5.73 Å². The lowest BCUT2D eigenvalue weighted by atomic mass is 10.1. The molecule has 0 aromatic heterocycles. The Kier molecular flexibility index (Phi) is 4.88. The number of carbonyl (C=O) groups is 2. The van der Waals surface area contributed by atoms with E-state index in [0.29, 0.717) is 30.2 Å². The molecule has 2 aliphatic rings. The number of anilines is 1. The summed E-state index contributed by atoms with van der Waals surface area (Å²) in [6, 6.07) is 12.4. The quantitative estimate of drug-likeness (QED) is 0.641. The second-order valence-corrected chi connectivity index (χ2v) is 6.13. The van der Waals surface area contributed by atoms with Crippen molar-refractivity contribution in [1.82, 2.24) is 10.6 Å². The van der Waals surface area contributed by atoms with Crippen LogP contribution in [0.25, 0.3) is 0 Å². The number of rotatable bonds is 0. The lowest BCUT2D eigenvalue weighted by Gasteiger charge is -2.16. The van der Waals surface area contributed by atoms with E-state index in [2.05, 4.69) is 10.6 Å². The van der Waals surface area contributed by atoms with Gasteiger partial charge in [-0.2, -0.15) is 0 Å². The van der Waals surface area contributed by atoms with Crippen molar-refractivity contribution in [3.8, 4) is 11.5 Å². The summed E-state index contributed by atoms with van der Waals surface area (Å²) >= 11 is 0. The normalized spacial score (nSPS) is 18.2. The molecule has 0 radical (unpaired) electrons. The summed E-state index contributed by atoms with van der Waals surface area (Å²) < 4.78 is 5.86. The Labute approximate surface area is 146 Å². The van der Waals surface area contributed by atoms with Crippen LogP contribution in [0.4, 0.5) is 5.69 Å². The molecule has 0 unspecified atom stereocenters. The van der Waals surface area contributed by atoms with Crippen LogP contribution in [0.3, 0.4) is 0 Å². The van der Waals surface area contributed by atoms with E-state index in [9.17, 15) is 9.59 Å². The largest absolute Gasteiger partial charge is 0.455 e. The van der Waals surface area contributed by atoms with E-state index in [4.69, 9.17) is 10.5 Å². The zero-order valence-corrected chi connectivity index (χ0v) is 14.0. The lowest BCUT2D eigenvalue weighted by Crippen LogP contribution is -2.44. The van der Waals surface area contributed by atoms with E-state index >= 15 is 0 Å². The summed E-state index contributed by atoms with van der Waals surface area (Å²) in [7, 11) is 0. The summed E-state index contributed by atoms with van der Waals surface area (Å²) in [5, 5.41) is 5.53. The monoisotopic (exact) mass is 339 g/mol. The standard InChI is InChI=1S/C19H21N3O3/c1-12-19(24)21-11-14-3-2-4-15(9-14)25-17-7-5-13(10-16(17)20)6-8-18(23)22-12/h2-5,7,9-10,12H,6,8,11,20H2,1H3,(H,21,24)(H,22,23)/t12-/m0/s1. The third-order valence-corrected chi connectivity index (χ3v) is 4.08. The number of hydrogen-bond acceptors (Lipinski definition) is 4. The van der Waals surface area contributed by atoms with Gasteiger partial charge in [-0.05, 0) is 48.7 Å². The molecule has 0 spiro atoms. The molecule has 2 aliphatic heterocycles. The fourth-order valence-corrected chi connectivity index (χ4v) is 2.67. The highest BCUT2D eigenvalue weighted by Gasteiger charge is 2.16. The van der Waals surface area contributed by atoms with Crippen LogP contribution in [-0.4, -0.2) is 17.9 Å². The van der Waals surface area contributed by atoms with Gasteiger partial charge in [-0.15, -0.1) is 0 Å². The van der Waals surface area contributed by atoms with Crippen molar-refractivity contribution in [3.05, 3.63) is 53.6 Å². The Hall–Kier alpha value is -3.02. The Morgan fingerprint density at radius 1 is 1.08 bits per heavy atom.